The van der Waals surface area contributed by atoms with E-state index in [4.69, 9.17) is 9.47 Å². The molecule has 1 amide bonds. The number of rotatable bonds is 5. The summed E-state index contributed by atoms with van der Waals surface area (Å²) in [7, 11) is 3.13. The zero-order valence-corrected chi connectivity index (χ0v) is 17.8. The Balaban J connectivity index is 1.41. The molecule has 0 spiro atoms. The van der Waals surface area contributed by atoms with Crippen molar-refractivity contribution < 1.29 is 27.4 Å². The van der Waals surface area contributed by atoms with E-state index < -0.39 is 11.9 Å². The molecule has 0 atom stereocenters. The van der Waals surface area contributed by atoms with Gasteiger partial charge in [0.05, 0.1) is 31.7 Å². The van der Waals surface area contributed by atoms with Crippen LogP contribution in [0.4, 0.5) is 13.2 Å². The molecule has 3 aromatic rings. The number of ether oxygens (including phenoxy) is 2. The molecule has 32 heavy (non-hydrogen) atoms. The number of piperidine rings is 1. The van der Waals surface area contributed by atoms with Crippen LogP contribution in [0.5, 0.6) is 11.5 Å². The third-order valence-corrected chi connectivity index (χ3v) is 5.90. The number of carbonyl (C=O) groups excluding carboxylic acids is 1. The number of nitrogens with zero attached hydrogens (tertiary/aromatic N) is 2. The van der Waals surface area contributed by atoms with Crippen LogP contribution in [0, 0.1) is 0 Å². The standard InChI is InChI=1S/C23H24F3N3O3/c1-31-16-3-5-20(32-2)15(11-16)12-22(30)29-9-7-14(8-10-29)18-13-19-17(27-18)4-6-21(28-19)23(24,25)26/h3-6,11,13-14,27H,7-10,12H2,1-2H3. The lowest BCUT2D eigenvalue weighted by Crippen LogP contribution is -2.38. The van der Waals surface area contributed by atoms with Crippen LogP contribution >= 0.6 is 0 Å². The van der Waals surface area contributed by atoms with Crippen molar-refractivity contribution in [2.75, 3.05) is 27.3 Å². The van der Waals surface area contributed by atoms with Crippen LogP contribution in [0.1, 0.15) is 35.7 Å². The van der Waals surface area contributed by atoms with E-state index in [2.05, 4.69) is 9.97 Å². The van der Waals surface area contributed by atoms with Gasteiger partial charge in [0.2, 0.25) is 5.91 Å². The number of carbonyl (C=O) groups is 1. The molecule has 9 heteroatoms. The number of hydrogen-bond donors (Lipinski definition) is 1. The average molecular weight is 447 g/mol. The van der Waals surface area contributed by atoms with E-state index in [-0.39, 0.29) is 18.2 Å². The first kappa shape index (κ1) is 22.0. The zero-order valence-electron chi connectivity index (χ0n) is 17.8. The lowest BCUT2D eigenvalue weighted by molar-refractivity contribution is -0.141. The van der Waals surface area contributed by atoms with E-state index in [9.17, 15) is 18.0 Å². The van der Waals surface area contributed by atoms with Gasteiger partial charge >= 0.3 is 6.18 Å². The topological polar surface area (TPSA) is 67.5 Å². The molecular weight excluding hydrogens is 423 g/mol. The molecule has 6 nitrogen and oxygen atoms in total. The second kappa shape index (κ2) is 8.72. The normalized spacial score (nSPS) is 15.2. The van der Waals surface area contributed by atoms with Crippen molar-refractivity contribution in [1.29, 1.82) is 0 Å². The molecule has 0 aliphatic carbocycles. The number of likely N-dealkylation sites (tertiary alicyclic amines) is 1. The zero-order chi connectivity index (χ0) is 22.9. The number of hydrogen-bond acceptors (Lipinski definition) is 4. The lowest BCUT2D eigenvalue weighted by atomic mass is 9.93. The van der Waals surface area contributed by atoms with E-state index in [1.807, 2.05) is 4.90 Å². The number of nitrogens with one attached hydrogen (secondary N) is 1. The van der Waals surface area contributed by atoms with Crippen LogP contribution in [0.2, 0.25) is 0 Å². The van der Waals surface area contributed by atoms with Crippen molar-refractivity contribution in [2.45, 2.75) is 31.4 Å². The highest BCUT2D eigenvalue weighted by Crippen LogP contribution is 2.33. The van der Waals surface area contributed by atoms with Crippen molar-refractivity contribution in [3.8, 4) is 11.5 Å². The van der Waals surface area contributed by atoms with E-state index in [0.29, 0.717) is 35.6 Å². The smallest absolute Gasteiger partial charge is 0.433 e. The van der Waals surface area contributed by atoms with Crippen molar-refractivity contribution >= 4 is 16.9 Å². The first-order valence-electron chi connectivity index (χ1n) is 10.3. The molecule has 1 saturated heterocycles. The lowest BCUT2D eigenvalue weighted by Gasteiger charge is -2.32. The summed E-state index contributed by atoms with van der Waals surface area (Å²) in [6.07, 6.45) is -2.82. The van der Waals surface area contributed by atoms with Gasteiger partial charge in [0.15, 0.2) is 0 Å². The Morgan fingerprint density at radius 3 is 2.53 bits per heavy atom. The molecule has 3 heterocycles. The van der Waals surface area contributed by atoms with Gasteiger partial charge in [-0.3, -0.25) is 4.79 Å². The van der Waals surface area contributed by atoms with Crippen LogP contribution in [0.15, 0.2) is 36.4 Å². The minimum absolute atomic E-state index is 0.00290. The van der Waals surface area contributed by atoms with Crippen LogP contribution < -0.4 is 9.47 Å². The molecule has 1 fully saturated rings. The Kier molecular flexibility index (Phi) is 5.99. The van der Waals surface area contributed by atoms with E-state index in [1.165, 1.54) is 6.07 Å². The highest BCUT2D eigenvalue weighted by atomic mass is 19.4. The number of amides is 1. The molecule has 0 radical (unpaired) electrons. The van der Waals surface area contributed by atoms with Crippen LogP contribution in [0.25, 0.3) is 11.0 Å². The van der Waals surface area contributed by atoms with Gasteiger partial charge in [-0.25, -0.2) is 4.98 Å². The van der Waals surface area contributed by atoms with Crippen LogP contribution in [0.3, 0.4) is 0 Å². The number of benzene rings is 1. The van der Waals surface area contributed by atoms with Gasteiger partial charge in [-0.1, -0.05) is 0 Å². The van der Waals surface area contributed by atoms with Crippen molar-refractivity contribution in [3.63, 3.8) is 0 Å². The third kappa shape index (κ3) is 4.51. The Bertz CT molecular complexity index is 1120. The molecule has 1 aliphatic heterocycles. The number of fused-ring (bicyclic) bond motifs is 1. The van der Waals surface area contributed by atoms with Gasteiger partial charge in [-0.15, -0.1) is 0 Å². The van der Waals surface area contributed by atoms with E-state index in [1.54, 1.807) is 38.5 Å². The maximum Gasteiger partial charge on any atom is 0.433 e. The first-order chi connectivity index (χ1) is 15.3. The quantitative estimate of drug-likeness (QED) is 0.623. The summed E-state index contributed by atoms with van der Waals surface area (Å²) in [5.74, 6) is 1.43. The highest BCUT2D eigenvalue weighted by Gasteiger charge is 2.33. The van der Waals surface area contributed by atoms with E-state index >= 15 is 0 Å². The second-order valence-electron chi connectivity index (χ2n) is 7.86. The predicted molar refractivity (Wildman–Crippen MR) is 113 cm³/mol. The summed E-state index contributed by atoms with van der Waals surface area (Å²) in [4.78, 5) is 21.6. The van der Waals surface area contributed by atoms with Crippen molar-refractivity contribution in [1.82, 2.24) is 14.9 Å². The van der Waals surface area contributed by atoms with Gasteiger partial charge in [0, 0.05) is 30.3 Å². The number of aromatic amines is 1. The second-order valence-corrected chi connectivity index (χ2v) is 7.86. The van der Waals surface area contributed by atoms with Gasteiger partial charge in [0.1, 0.15) is 17.2 Å². The predicted octanol–water partition coefficient (Wildman–Crippen LogP) is 4.55. The van der Waals surface area contributed by atoms with Crippen molar-refractivity contribution in [3.05, 3.63) is 53.3 Å². The SMILES string of the molecule is COc1ccc(OC)c(CC(=O)N2CCC(c3cc4nc(C(F)(F)F)ccc4[nH]3)CC2)c1. The molecule has 1 N–H and O–H groups in total. The highest BCUT2D eigenvalue weighted by molar-refractivity contribution is 5.80. The van der Waals surface area contributed by atoms with Crippen molar-refractivity contribution in [2.24, 2.45) is 0 Å². The first-order valence-corrected chi connectivity index (χ1v) is 10.3. The molecule has 1 aromatic carbocycles. The number of aromatic nitrogens is 2. The maximum atomic E-state index is 12.9. The summed E-state index contributed by atoms with van der Waals surface area (Å²) in [5.41, 5.74) is 1.61. The molecule has 4 rings (SSSR count). The summed E-state index contributed by atoms with van der Waals surface area (Å²) < 4.78 is 49.4. The summed E-state index contributed by atoms with van der Waals surface area (Å²) in [6.45, 7) is 1.15. The minimum atomic E-state index is -4.47. The fraction of sp³-hybridized carbons (Fsp3) is 0.391. The largest absolute Gasteiger partial charge is 0.497 e. The van der Waals surface area contributed by atoms with Gasteiger partial charge < -0.3 is 19.4 Å². The fourth-order valence-electron chi connectivity index (χ4n) is 4.14. The summed E-state index contributed by atoms with van der Waals surface area (Å²) >= 11 is 0. The fourth-order valence-corrected chi connectivity index (χ4v) is 4.14. The van der Waals surface area contributed by atoms with Gasteiger partial charge in [-0.2, -0.15) is 13.2 Å². The number of H-pyrrole nitrogens is 1. The average Bonchev–Trinajstić information content (AvgIpc) is 3.22. The Morgan fingerprint density at radius 1 is 1.12 bits per heavy atom. The molecule has 0 saturated carbocycles. The molecule has 0 unspecified atom stereocenters. The number of halogens is 3. The molecule has 170 valence electrons. The number of pyridine rings is 1. The van der Waals surface area contributed by atoms with Crippen LogP contribution in [-0.4, -0.2) is 48.1 Å². The Hall–Kier alpha value is -3.23. The molecule has 2 aromatic heterocycles. The number of methoxy groups -OCH3 is 2. The molecule has 1 aliphatic rings. The summed E-state index contributed by atoms with van der Waals surface area (Å²) in [5, 5.41) is 0. The molecular formula is C23H24F3N3O3. The minimum Gasteiger partial charge on any atom is -0.497 e. The van der Waals surface area contributed by atoms with E-state index in [0.717, 1.165) is 30.2 Å². The number of alkyl halides is 3. The van der Waals surface area contributed by atoms with Crippen LogP contribution in [-0.2, 0) is 17.4 Å². The monoisotopic (exact) mass is 447 g/mol. The Labute approximate surface area is 183 Å². The van der Waals surface area contributed by atoms with Gasteiger partial charge in [0.25, 0.3) is 0 Å². The molecule has 0 bridgehead atoms. The Morgan fingerprint density at radius 2 is 1.88 bits per heavy atom. The third-order valence-electron chi connectivity index (χ3n) is 5.90. The van der Waals surface area contributed by atoms with Gasteiger partial charge in [-0.05, 0) is 49.2 Å². The summed E-state index contributed by atoms with van der Waals surface area (Å²) in [6, 6.07) is 9.45. The maximum absolute atomic E-state index is 12.9.